The first kappa shape index (κ1) is 20.1. The lowest BCUT2D eigenvalue weighted by molar-refractivity contribution is 0.626. The van der Waals surface area contributed by atoms with Crippen molar-refractivity contribution in [2.24, 2.45) is 0 Å². The van der Waals surface area contributed by atoms with E-state index in [2.05, 4.69) is 40.9 Å². The van der Waals surface area contributed by atoms with Crippen molar-refractivity contribution in [1.29, 1.82) is 0 Å². The molecule has 1 atom stereocenters. The zero-order valence-corrected chi connectivity index (χ0v) is 16.8. The number of aromatic nitrogens is 5. The van der Waals surface area contributed by atoms with Gasteiger partial charge in [0.15, 0.2) is 0 Å². The van der Waals surface area contributed by atoms with Crippen LogP contribution in [0.25, 0.3) is 0 Å². The topological polar surface area (TPSA) is 101 Å². The Balaban J connectivity index is 1.56. The van der Waals surface area contributed by atoms with Crippen molar-refractivity contribution >= 4 is 23.4 Å². The van der Waals surface area contributed by atoms with Crippen LogP contribution in [-0.2, 0) is 6.54 Å². The summed E-state index contributed by atoms with van der Waals surface area (Å²) in [6.45, 7) is 2.47. The second-order valence-electron chi connectivity index (χ2n) is 6.77. The minimum Gasteiger partial charge on any atom is -0.364 e. The Hall–Kier alpha value is -4.14. The van der Waals surface area contributed by atoms with Gasteiger partial charge in [0.2, 0.25) is 5.95 Å². The summed E-state index contributed by atoms with van der Waals surface area (Å²) < 4.78 is 13.2. The minimum atomic E-state index is -0.275. The lowest BCUT2D eigenvalue weighted by Crippen LogP contribution is -2.12. The summed E-state index contributed by atoms with van der Waals surface area (Å²) in [6.07, 6.45) is 6.55. The molecule has 0 radical (unpaired) electrons. The molecule has 0 unspecified atom stereocenters. The summed E-state index contributed by atoms with van der Waals surface area (Å²) >= 11 is 0. The molecular formula is C22H21FN8. The van der Waals surface area contributed by atoms with E-state index in [1.807, 2.05) is 25.1 Å². The Bertz CT molecular complexity index is 1110. The third-order valence-corrected chi connectivity index (χ3v) is 4.44. The van der Waals surface area contributed by atoms with Crippen molar-refractivity contribution < 1.29 is 4.39 Å². The van der Waals surface area contributed by atoms with Gasteiger partial charge in [-0.05, 0) is 36.8 Å². The van der Waals surface area contributed by atoms with Crippen LogP contribution < -0.4 is 16.0 Å². The number of nitrogens with one attached hydrogen (secondary N) is 3. The maximum atomic E-state index is 13.2. The van der Waals surface area contributed by atoms with Crippen LogP contribution in [0.2, 0.25) is 0 Å². The standard InChI is InChI=1S/C22H21FN8/c1-15(16-5-7-17(23)8-6-16)28-22-30-19(27-13-18-4-2-3-9-25-18)12-20(31-22)29-21-14-24-10-11-26-21/h2-12,14-15H,13H2,1H3,(H3,26,27,28,29,30,31)/t15-/m0/s1. The second kappa shape index (κ2) is 9.57. The molecule has 1 aromatic carbocycles. The highest BCUT2D eigenvalue weighted by molar-refractivity contribution is 5.58. The lowest BCUT2D eigenvalue weighted by Gasteiger charge is -2.16. The van der Waals surface area contributed by atoms with Crippen LogP contribution in [0.5, 0.6) is 0 Å². The minimum absolute atomic E-state index is 0.129. The van der Waals surface area contributed by atoms with Crippen molar-refractivity contribution in [1.82, 2.24) is 24.9 Å². The zero-order valence-electron chi connectivity index (χ0n) is 16.8. The maximum absolute atomic E-state index is 13.2. The molecule has 3 N–H and O–H groups in total. The van der Waals surface area contributed by atoms with Crippen molar-refractivity contribution in [3.8, 4) is 0 Å². The van der Waals surface area contributed by atoms with E-state index in [0.29, 0.717) is 29.9 Å². The summed E-state index contributed by atoms with van der Waals surface area (Å²) in [4.78, 5) is 21.7. The first-order valence-corrected chi connectivity index (χ1v) is 9.73. The van der Waals surface area contributed by atoms with Crippen LogP contribution in [-0.4, -0.2) is 24.9 Å². The van der Waals surface area contributed by atoms with Crippen molar-refractivity contribution in [3.63, 3.8) is 0 Å². The highest BCUT2D eigenvalue weighted by Gasteiger charge is 2.11. The molecule has 9 heteroatoms. The Morgan fingerprint density at radius 3 is 2.48 bits per heavy atom. The quantitative estimate of drug-likeness (QED) is 0.390. The Kier molecular flexibility index (Phi) is 6.22. The number of hydrogen-bond donors (Lipinski definition) is 3. The van der Waals surface area contributed by atoms with Gasteiger partial charge in [0.05, 0.1) is 24.5 Å². The van der Waals surface area contributed by atoms with Gasteiger partial charge in [0.25, 0.3) is 0 Å². The number of benzene rings is 1. The third-order valence-electron chi connectivity index (χ3n) is 4.44. The number of rotatable bonds is 8. The smallest absolute Gasteiger partial charge is 0.227 e. The molecular weight excluding hydrogens is 395 g/mol. The predicted octanol–water partition coefficient (Wildman–Crippen LogP) is 4.33. The molecule has 0 amide bonds. The number of pyridine rings is 1. The average Bonchev–Trinajstić information content (AvgIpc) is 2.79. The molecule has 0 saturated carbocycles. The molecule has 0 aliphatic rings. The lowest BCUT2D eigenvalue weighted by atomic mass is 10.1. The van der Waals surface area contributed by atoms with Gasteiger partial charge in [-0.3, -0.25) is 9.97 Å². The van der Waals surface area contributed by atoms with Crippen LogP contribution in [0.1, 0.15) is 24.2 Å². The fourth-order valence-corrected chi connectivity index (χ4v) is 2.87. The Morgan fingerprint density at radius 2 is 1.74 bits per heavy atom. The molecule has 4 aromatic rings. The fraction of sp³-hybridized carbons (Fsp3) is 0.136. The van der Waals surface area contributed by atoms with Crippen LogP contribution >= 0.6 is 0 Å². The monoisotopic (exact) mass is 416 g/mol. The van der Waals surface area contributed by atoms with Crippen LogP contribution in [0.4, 0.5) is 27.8 Å². The molecule has 8 nitrogen and oxygen atoms in total. The van der Waals surface area contributed by atoms with E-state index in [1.54, 1.807) is 43.0 Å². The van der Waals surface area contributed by atoms with Gasteiger partial charge in [-0.15, -0.1) is 0 Å². The summed E-state index contributed by atoms with van der Waals surface area (Å²) in [5.41, 5.74) is 1.80. The molecule has 156 valence electrons. The van der Waals surface area contributed by atoms with Gasteiger partial charge in [0, 0.05) is 24.7 Å². The molecule has 0 fully saturated rings. The van der Waals surface area contributed by atoms with Gasteiger partial charge in [-0.1, -0.05) is 18.2 Å². The number of halogens is 1. The van der Waals surface area contributed by atoms with Gasteiger partial charge in [-0.25, -0.2) is 9.37 Å². The van der Waals surface area contributed by atoms with Crippen molar-refractivity contribution in [3.05, 3.63) is 90.4 Å². The second-order valence-corrected chi connectivity index (χ2v) is 6.77. The number of nitrogens with zero attached hydrogens (tertiary/aromatic N) is 5. The first-order valence-electron chi connectivity index (χ1n) is 9.73. The number of hydrogen-bond acceptors (Lipinski definition) is 8. The summed E-state index contributed by atoms with van der Waals surface area (Å²) in [5.74, 6) is 1.86. The molecule has 3 aromatic heterocycles. The molecule has 0 bridgehead atoms. The number of anilines is 4. The molecule has 0 aliphatic heterocycles. The molecule has 0 aliphatic carbocycles. The Morgan fingerprint density at radius 1 is 0.903 bits per heavy atom. The van der Waals surface area contributed by atoms with Crippen molar-refractivity contribution in [2.75, 3.05) is 16.0 Å². The summed E-state index contributed by atoms with van der Waals surface area (Å²) in [5, 5.41) is 9.67. The molecule has 0 saturated heterocycles. The van der Waals surface area contributed by atoms with Gasteiger partial charge in [-0.2, -0.15) is 9.97 Å². The SMILES string of the molecule is C[C@H](Nc1nc(NCc2ccccn2)cc(Nc2cnccn2)n1)c1ccc(F)cc1. The molecule has 31 heavy (non-hydrogen) atoms. The van der Waals surface area contributed by atoms with E-state index >= 15 is 0 Å². The van der Waals surface area contributed by atoms with Gasteiger partial charge >= 0.3 is 0 Å². The largest absolute Gasteiger partial charge is 0.364 e. The normalized spacial score (nSPS) is 11.5. The van der Waals surface area contributed by atoms with E-state index in [0.717, 1.165) is 11.3 Å². The van der Waals surface area contributed by atoms with Gasteiger partial charge in [0.1, 0.15) is 23.3 Å². The highest BCUT2D eigenvalue weighted by Crippen LogP contribution is 2.22. The first-order chi connectivity index (χ1) is 15.2. The summed E-state index contributed by atoms with van der Waals surface area (Å²) in [7, 11) is 0. The van der Waals surface area contributed by atoms with E-state index in [4.69, 9.17) is 0 Å². The third kappa shape index (κ3) is 5.69. The molecule has 3 heterocycles. The maximum Gasteiger partial charge on any atom is 0.227 e. The van der Waals surface area contributed by atoms with Crippen molar-refractivity contribution in [2.45, 2.75) is 19.5 Å². The fourth-order valence-electron chi connectivity index (χ4n) is 2.87. The van der Waals surface area contributed by atoms with Crippen LogP contribution in [0.3, 0.4) is 0 Å². The predicted molar refractivity (Wildman–Crippen MR) is 117 cm³/mol. The van der Waals surface area contributed by atoms with Crippen LogP contribution in [0.15, 0.2) is 73.3 Å². The zero-order chi connectivity index (χ0) is 21.5. The van der Waals surface area contributed by atoms with E-state index in [9.17, 15) is 4.39 Å². The van der Waals surface area contributed by atoms with E-state index < -0.39 is 0 Å². The summed E-state index contributed by atoms with van der Waals surface area (Å²) in [6, 6.07) is 13.7. The average molecular weight is 416 g/mol. The van der Waals surface area contributed by atoms with Crippen LogP contribution in [0, 0.1) is 5.82 Å². The van der Waals surface area contributed by atoms with E-state index in [1.165, 1.54) is 12.1 Å². The molecule has 4 rings (SSSR count). The van der Waals surface area contributed by atoms with Gasteiger partial charge < -0.3 is 16.0 Å². The van der Waals surface area contributed by atoms with E-state index in [-0.39, 0.29) is 11.9 Å². The Labute approximate surface area is 179 Å². The highest BCUT2D eigenvalue weighted by atomic mass is 19.1. The molecule has 0 spiro atoms.